The normalized spacial score (nSPS) is 22.3. The molecular weight excluding hydrogens is 268 g/mol. The molecule has 0 spiro atoms. The fourth-order valence-electron chi connectivity index (χ4n) is 3.00. The molecule has 0 unspecified atom stereocenters. The highest BCUT2D eigenvalue weighted by Gasteiger charge is 2.23. The number of amides is 1. The zero-order valence-corrected chi connectivity index (χ0v) is 12.2. The van der Waals surface area contributed by atoms with Gasteiger partial charge >= 0.3 is 5.69 Å². The lowest BCUT2D eigenvalue weighted by molar-refractivity contribution is -0.123. The van der Waals surface area contributed by atoms with E-state index in [2.05, 4.69) is 17.3 Å². The average Bonchev–Trinajstić information content (AvgIpc) is 2.94. The minimum absolute atomic E-state index is 0.0316. The second-order valence-electron chi connectivity index (χ2n) is 5.82. The lowest BCUT2D eigenvalue weighted by Gasteiger charge is -2.29. The molecule has 112 valence electrons. The fraction of sp³-hybridized carbons (Fsp3) is 0.533. The molecular formula is C15H20N4O2. The SMILES string of the molecule is C[C@H]1CCCC[C@@H]1NC(=O)Cn1ncc2cccn2c1=O. The molecule has 2 atom stereocenters. The van der Waals surface area contributed by atoms with E-state index in [0.29, 0.717) is 5.92 Å². The molecule has 1 aliphatic rings. The highest BCUT2D eigenvalue weighted by atomic mass is 16.2. The molecule has 2 aromatic rings. The molecule has 1 saturated carbocycles. The van der Waals surface area contributed by atoms with Crippen LogP contribution in [0.3, 0.4) is 0 Å². The largest absolute Gasteiger partial charge is 0.351 e. The van der Waals surface area contributed by atoms with Crippen LogP contribution in [0.5, 0.6) is 0 Å². The molecule has 1 aliphatic carbocycles. The highest BCUT2D eigenvalue weighted by Crippen LogP contribution is 2.23. The number of hydrogen-bond acceptors (Lipinski definition) is 3. The Morgan fingerprint density at radius 2 is 2.24 bits per heavy atom. The molecule has 1 amide bonds. The Bertz CT molecular complexity index is 703. The van der Waals surface area contributed by atoms with E-state index in [-0.39, 0.29) is 24.2 Å². The lowest BCUT2D eigenvalue weighted by Crippen LogP contribution is -2.44. The van der Waals surface area contributed by atoms with Gasteiger partial charge in [0.15, 0.2) is 0 Å². The van der Waals surface area contributed by atoms with E-state index in [1.807, 2.05) is 6.07 Å². The Morgan fingerprint density at radius 3 is 3.05 bits per heavy atom. The number of aromatic nitrogens is 3. The summed E-state index contributed by atoms with van der Waals surface area (Å²) >= 11 is 0. The number of carbonyl (C=O) groups is 1. The summed E-state index contributed by atoms with van der Waals surface area (Å²) in [6, 6.07) is 3.81. The van der Waals surface area contributed by atoms with Crippen molar-refractivity contribution >= 4 is 11.4 Å². The van der Waals surface area contributed by atoms with Crippen LogP contribution in [0.4, 0.5) is 0 Å². The number of rotatable bonds is 3. The van der Waals surface area contributed by atoms with E-state index in [1.54, 1.807) is 18.5 Å². The van der Waals surface area contributed by atoms with Crippen molar-refractivity contribution in [2.45, 2.75) is 45.2 Å². The Balaban J connectivity index is 1.71. The second kappa shape index (κ2) is 5.71. The Labute approximate surface area is 122 Å². The third kappa shape index (κ3) is 2.84. The van der Waals surface area contributed by atoms with Crippen molar-refractivity contribution < 1.29 is 4.79 Å². The molecule has 3 rings (SSSR count). The first-order chi connectivity index (χ1) is 10.1. The number of fused-ring (bicyclic) bond motifs is 1. The fourth-order valence-corrected chi connectivity index (χ4v) is 3.00. The summed E-state index contributed by atoms with van der Waals surface area (Å²) in [5, 5.41) is 7.09. The van der Waals surface area contributed by atoms with Crippen LogP contribution in [0.15, 0.2) is 29.3 Å². The monoisotopic (exact) mass is 288 g/mol. The standard InChI is InChI=1S/C15H20N4O2/c1-11-5-2-3-7-13(11)17-14(20)10-19-15(21)18-8-4-6-12(18)9-16-19/h4,6,8-9,11,13H,2-3,5,7,10H2,1H3,(H,17,20)/t11-,13-/m0/s1. The van der Waals surface area contributed by atoms with Gasteiger partial charge in [0.25, 0.3) is 0 Å². The smallest absolute Gasteiger partial charge is 0.349 e. The van der Waals surface area contributed by atoms with Crippen LogP contribution < -0.4 is 11.0 Å². The van der Waals surface area contributed by atoms with Gasteiger partial charge in [-0.25, -0.2) is 9.48 Å². The van der Waals surface area contributed by atoms with Crippen molar-refractivity contribution in [2.75, 3.05) is 0 Å². The van der Waals surface area contributed by atoms with E-state index in [1.165, 1.54) is 15.5 Å². The molecule has 0 aliphatic heterocycles. The van der Waals surface area contributed by atoms with Gasteiger partial charge in [0.1, 0.15) is 6.54 Å². The molecule has 0 aromatic carbocycles. The number of nitrogens with zero attached hydrogens (tertiary/aromatic N) is 3. The summed E-state index contributed by atoms with van der Waals surface area (Å²) < 4.78 is 2.69. The van der Waals surface area contributed by atoms with E-state index in [0.717, 1.165) is 24.8 Å². The maximum Gasteiger partial charge on any atom is 0.349 e. The summed E-state index contributed by atoms with van der Waals surface area (Å²) in [5.41, 5.74) is 0.446. The molecule has 6 heteroatoms. The summed E-state index contributed by atoms with van der Waals surface area (Å²) in [6.07, 6.45) is 7.83. The molecule has 2 aromatic heterocycles. The van der Waals surface area contributed by atoms with Crippen molar-refractivity contribution in [2.24, 2.45) is 5.92 Å². The third-order valence-electron chi connectivity index (χ3n) is 4.29. The number of nitrogens with one attached hydrogen (secondary N) is 1. The zero-order chi connectivity index (χ0) is 14.8. The maximum absolute atomic E-state index is 12.2. The van der Waals surface area contributed by atoms with Crippen LogP contribution in [-0.2, 0) is 11.3 Å². The van der Waals surface area contributed by atoms with Crippen LogP contribution >= 0.6 is 0 Å². The lowest BCUT2D eigenvalue weighted by atomic mass is 9.86. The predicted molar refractivity (Wildman–Crippen MR) is 79.0 cm³/mol. The summed E-state index contributed by atoms with van der Waals surface area (Å²) in [4.78, 5) is 24.3. The van der Waals surface area contributed by atoms with Gasteiger partial charge in [-0.05, 0) is 30.9 Å². The van der Waals surface area contributed by atoms with Crippen molar-refractivity contribution in [1.82, 2.24) is 19.5 Å². The van der Waals surface area contributed by atoms with E-state index in [4.69, 9.17) is 0 Å². The molecule has 0 bridgehead atoms. The van der Waals surface area contributed by atoms with Gasteiger partial charge in [-0.3, -0.25) is 9.20 Å². The molecule has 21 heavy (non-hydrogen) atoms. The first-order valence-electron chi connectivity index (χ1n) is 7.48. The topological polar surface area (TPSA) is 68.4 Å². The Hall–Kier alpha value is -2.11. The van der Waals surface area contributed by atoms with Crippen molar-refractivity contribution in [3.8, 4) is 0 Å². The first-order valence-corrected chi connectivity index (χ1v) is 7.48. The molecule has 2 heterocycles. The first kappa shape index (κ1) is 13.9. The van der Waals surface area contributed by atoms with E-state index < -0.39 is 0 Å². The van der Waals surface area contributed by atoms with Crippen LogP contribution in [0.25, 0.3) is 5.52 Å². The summed E-state index contributed by atoms with van der Waals surface area (Å²) in [6.45, 7) is 2.14. The third-order valence-corrected chi connectivity index (χ3v) is 4.29. The molecule has 1 fully saturated rings. The number of hydrogen-bond donors (Lipinski definition) is 1. The van der Waals surface area contributed by atoms with Crippen LogP contribution in [-0.4, -0.2) is 26.1 Å². The van der Waals surface area contributed by atoms with Gasteiger partial charge in [-0.2, -0.15) is 5.10 Å². The van der Waals surface area contributed by atoms with Crippen molar-refractivity contribution in [1.29, 1.82) is 0 Å². The molecule has 6 nitrogen and oxygen atoms in total. The maximum atomic E-state index is 12.2. The van der Waals surface area contributed by atoms with Gasteiger partial charge in [-0.1, -0.05) is 19.8 Å². The van der Waals surface area contributed by atoms with Gasteiger partial charge in [0.2, 0.25) is 5.91 Å². The quantitative estimate of drug-likeness (QED) is 0.922. The van der Waals surface area contributed by atoms with Gasteiger partial charge in [0, 0.05) is 12.2 Å². The van der Waals surface area contributed by atoms with Gasteiger partial charge < -0.3 is 5.32 Å². The molecule has 0 saturated heterocycles. The van der Waals surface area contributed by atoms with Gasteiger partial charge in [0.05, 0.1) is 11.7 Å². The number of carbonyl (C=O) groups excluding carboxylic acids is 1. The summed E-state index contributed by atoms with van der Waals surface area (Å²) in [7, 11) is 0. The molecule has 0 radical (unpaired) electrons. The zero-order valence-electron chi connectivity index (χ0n) is 12.2. The van der Waals surface area contributed by atoms with E-state index in [9.17, 15) is 9.59 Å². The summed E-state index contributed by atoms with van der Waals surface area (Å²) in [5.74, 6) is 0.356. The van der Waals surface area contributed by atoms with Crippen LogP contribution in [0.2, 0.25) is 0 Å². The minimum Gasteiger partial charge on any atom is -0.351 e. The van der Waals surface area contributed by atoms with Crippen LogP contribution in [0, 0.1) is 5.92 Å². The highest BCUT2D eigenvalue weighted by molar-refractivity contribution is 5.76. The molecule has 1 N–H and O–H groups in total. The van der Waals surface area contributed by atoms with Crippen molar-refractivity contribution in [3.63, 3.8) is 0 Å². The van der Waals surface area contributed by atoms with E-state index >= 15 is 0 Å². The van der Waals surface area contributed by atoms with Crippen molar-refractivity contribution in [3.05, 3.63) is 35.0 Å². The Kier molecular flexibility index (Phi) is 3.77. The van der Waals surface area contributed by atoms with Crippen LogP contribution in [0.1, 0.15) is 32.6 Å². The average molecular weight is 288 g/mol. The minimum atomic E-state index is -0.288. The Morgan fingerprint density at radius 1 is 1.43 bits per heavy atom. The second-order valence-corrected chi connectivity index (χ2v) is 5.82. The van der Waals surface area contributed by atoms with Gasteiger partial charge in [-0.15, -0.1) is 0 Å². The predicted octanol–water partition coefficient (Wildman–Crippen LogP) is 1.19.